The Bertz CT molecular complexity index is 3490. The van der Waals surface area contributed by atoms with E-state index in [1.54, 1.807) is 64.1 Å². The second kappa shape index (κ2) is 27.4. The molecule has 6 aromatic rings. The fourth-order valence-corrected chi connectivity index (χ4v) is 8.03. The number of halogens is 6. The van der Waals surface area contributed by atoms with E-state index in [1.165, 1.54) is 74.5 Å². The van der Waals surface area contributed by atoms with Crippen molar-refractivity contribution in [1.82, 2.24) is 10.4 Å². The Balaban J connectivity index is 0.000000261. The summed E-state index contributed by atoms with van der Waals surface area (Å²) in [6, 6.07) is 26.2. The molecular weight excluding hydrogens is 1120 g/mol. The molecule has 1 saturated heterocycles. The van der Waals surface area contributed by atoms with Crippen molar-refractivity contribution in [3.8, 4) is 35.2 Å². The van der Waals surface area contributed by atoms with Gasteiger partial charge in [-0.2, -0.15) is 0 Å². The number of anilines is 2. The third-order valence-electron chi connectivity index (χ3n) is 11.6. The average Bonchev–Trinajstić information content (AvgIpc) is 3.39. The maximum atomic E-state index is 13.9. The van der Waals surface area contributed by atoms with E-state index < -0.39 is 65.0 Å². The Kier molecular flexibility index (Phi) is 21.0. The lowest BCUT2D eigenvalue weighted by atomic mass is 9.93. The number of hydrogen-bond donors (Lipinski definition) is 4. The number of hydrogen-bond acceptors (Lipinski definition) is 10. The molecule has 0 bridgehead atoms. The molecule has 414 valence electrons. The van der Waals surface area contributed by atoms with Gasteiger partial charge in [-0.3, -0.25) is 34.2 Å². The van der Waals surface area contributed by atoms with Crippen molar-refractivity contribution >= 4 is 93.0 Å². The Morgan fingerprint density at radius 2 is 1.02 bits per heavy atom. The standard InChI is InChI=1S/C32H30Cl2FN3O5.C28H22Cl2FNO5/c1-20-14-22(17-24(35)15-20)30(40)25-18-23(33)5-7-28(25)43-19-29(39)36-27-6-4-21(16-26(27)34)8-9-32(2,3)31(41)37-38-10-12-42-13-11-38;1-16-10-18(13-20(31)11-16)26(34)21-14-19(29)5-7-24(21)37-15-25(33)32-23-6-4-17(12-22(23)30)8-9-28(2,3)27(35)36/h4-7,14-18H,10-13,19H2,1-3H3,(H,36,39)(H,37,41);4-7,10-14H,15H2,1-3H3,(H,32,33)(H,35,36). The number of amides is 3. The van der Waals surface area contributed by atoms with Crippen LogP contribution in [-0.4, -0.2) is 84.9 Å². The van der Waals surface area contributed by atoms with Gasteiger partial charge in [-0.05, 0) is 162 Å². The monoisotopic (exact) mass is 1170 g/mol. The van der Waals surface area contributed by atoms with Crippen molar-refractivity contribution in [3.63, 3.8) is 0 Å². The zero-order chi connectivity index (χ0) is 58.5. The molecule has 0 radical (unpaired) electrons. The Labute approximate surface area is 481 Å². The second-order valence-electron chi connectivity index (χ2n) is 19.1. The molecule has 6 aromatic carbocycles. The van der Waals surface area contributed by atoms with E-state index in [2.05, 4.69) is 39.7 Å². The summed E-state index contributed by atoms with van der Waals surface area (Å²) < 4.78 is 44.3. The number of benzene rings is 6. The molecule has 0 aromatic heterocycles. The molecule has 7 rings (SSSR count). The Morgan fingerprint density at radius 1 is 0.600 bits per heavy atom. The third-order valence-corrected chi connectivity index (χ3v) is 12.7. The third kappa shape index (κ3) is 17.6. The van der Waals surface area contributed by atoms with Gasteiger partial charge in [-0.25, -0.2) is 13.8 Å². The van der Waals surface area contributed by atoms with Crippen LogP contribution in [0.25, 0.3) is 0 Å². The topological polar surface area (TPSA) is 190 Å². The highest BCUT2D eigenvalue weighted by molar-refractivity contribution is 6.34. The van der Waals surface area contributed by atoms with Crippen molar-refractivity contribution < 1.29 is 56.9 Å². The van der Waals surface area contributed by atoms with Crippen LogP contribution < -0.4 is 25.5 Å². The van der Waals surface area contributed by atoms with E-state index in [9.17, 15) is 37.5 Å². The molecule has 80 heavy (non-hydrogen) atoms. The summed E-state index contributed by atoms with van der Waals surface area (Å²) in [5, 5.41) is 17.2. The number of morpholine rings is 1. The van der Waals surface area contributed by atoms with E-state index in [0.717, 1.165) is 12.1 Å². The normalized spacial score (nSPS) is 12.2. The number of rotatable bonds is 15. The minimum Gasteiger partial charge on any atom is -0.483 e. The number of carboxylic acids is 1. The van der Waals surface area contributed by atoms with E-state index in [0.29, 0.717) is 59.9 Å². The summed E-state index contributed by atoms with van der Waals surface area (Å²) in [6.45, 7) is 11.2. The van der Waals surface area contributed by atoms with E-state index in [1.807, 2.05) is 5.01 Å². The van der Waals surface area contributed by atoms with Gasteiger partial charge in [-0.1, -0.05) is 70.1 Å². The molecule has 1 aliphatic rings. The van der Waals surface area contributed by atoms with Gasteiger partial charge in [-0.15, -0.1) is 0 Å². The van der Waals surface area contributed by atoms with Crippen molar-refractivity contribution in [2.24, 2.45) is 10.8 Å². The minimum atomic E-state index is -1.23. The van der Waals surface area contributed by atoms with Crippen LogP contribution in [0.3, 0.4) is 0 Å². The lowest BCUT2D eigenvalue weighted by molar-refractivity contribution is -0.143. The smallest absolute Gasteiger partial charge is 0.321 e. The quantitative estimate of drug-likeness (QED) is 0.0565. The Hall–Kier alpha value is -7.80. The first-order valence-electron chi connectivity index (χ1n) is 24.4. The fraction of sp³-hybridized carbons (Fsp3) is 0.233. The Morgan fingerprint density at radius 3 is 1.43 bits per heavy atom. The SMILES string of the molecule is Cc1cc(F)cc(C(=O)c2cc(Cl)ccc2OCC(=O)Nc2ccc(C#CC(C)(C)C(=O)NN3CCOCC3)cc2Cl)c1.Cc1cc(F)cc(C(=O)c2cc(Cl)ccc2OCC(=O)Nc2ccc(C#CC(C)(C)C(=O)O)cc2Cl)c1. The molecule has 0 saturated carbocycles. The van der Waals surface area contributed by atoms with Gasteiger partial charge < -0.3 is 30.0 Å². The lowest BCUT2D eigenvalue weighted by Gasteiger charge is -2.29. The first-order chi connectivity index (χ1) is 37.8. The predicted molar refractivity (Wildman–Crippen MR) is 303 cm³/mol. The summed E-state index contributed by atoms with van der Waals surface area (Å²) in [5.74, 6) is 7.13. The maximum Gasteiger partial charge on any atom is 0.321 e. The van der Waals surface area contributed by atoms with Crippen LogP contribution in [-0.2, 0) is 23.9 Å². The molecule has 0 atom stereocenters. The summed E-state index contributed by atoms with van der Waals surface area (Å²) >= 11 is 24.8. The number of aliphatic carboxylic acids is 1. The number of nitrogens with zero attached hydrogens (tertiary/aromatic N) is 1. The highest BCUT2D eigenvalue weighted by atomic mass is 35.5. The number of carboxylic acid groups (broad SMARTS) is 1. The van der Waals surface area contributed by atoms with E-state index in [4.69, 9.17) is 65.7 Å². The summed E-state index contributed by atoms with van der Waals surface area (Å²) in [7, 11) is 0. The van der Waals surface area contributed by atoms with Gasteiger partial charge in [0.1, 0.15) is 34.0 Å². The van der Waals surface area contributed by atoms with Crippen molar-refractivity contribution in [1.29, 1.82) is 0 Å². The second-order valence-corrected chi connectivity index (χ2v) is 20.8. The number of aryl methyl sites for hydroxylation is 2. The van der Waals surface area contributed by atoms with Gasteiger partial charge in [0.25, 0.3) is 17.7 Å². The minimum absolute atomic E-state index is 0.0792. The molecule has 1 aliphatic heterocycles. The zero-order valence-corrected chi connectivity index (χ0v) is 47.0. The number of ether oxygens (including phenoxy) is 3. The van der Waals surface area contributed by atoms with Crippen LogP contribution in [0.5, 0.6) is 11.5 Å². The summed E-state index contributed by atoms with van der Waals surface area (Å²) in [6.07, 6.45) is 0. The molecule has 1 heterocycles. The van der Waals surface area contributed by atoms with Gasteiger partial charge in [0, 0.05) is 45.4 Å². The van der Waals surface area contributed by atoms with Crippen LogP contribution in [0.1, 0.15) is 81.8 Å². The molecule has 0 aliphatic carbocycles. The molecule has 4 N–H and O–H groups in total. The van der Waals surface area contributed by atoms with Crippen LogP contribution in [0.2, 0.25) is 20.1 Å². The molecule has 0 spiro atoms. The molecule has 20 heteroatoms. The maximum absolute atomic E-state index is 13.9. The van der Waals surface area contributed by atoms with E-state index >= 15 is 0 Å². The first kappa shape index (κ1) is 61.4. The van der Waals surface area contributed by atoms with Crippen molar-refractivity contribution in [3.05, 3.63) is 185 Å². The number of hydrazine groups is 1. The first-order valence-corrected chi connectivity index (χ1v) is 25.9. The lowest BCUT2D eigenvalue weighted by Crippen LogP contribution is -2.51. The number of carbonyl (C=O) groups is 6. The number of carbonyl (C=O) groups excluding carboxylic acids is 5. The molecule has 14 nitrogen and oxygen atoms in total. The zero-order valence-electron chi connectivity index (χ0n) is 44.0. The largest absolute Gasteiger partial charge is 0.483 e. The molecule has 0 unspecified atom stereocenters. The summed E-state index contributed by atoms with van der Waals surface area (Å²) in [4.78, 5) is 75.2. The van der Waals surface area contributed by atoms with Crippen LogP contribution in [0.15, 0.2) is 109 Å². The van der Waals surface area contributed by atoms with Gasteiger partial charge in [0.05, 0.1) is 45.8 Å². The fourth-order valence-electron chi connectivity index (χ4n) is 7.23. The predicted octanol–water partition coefficient (Wildman–Crippen LogP) is 11.6. The van der Waals surface area contributed by atoms with Crippen LogP contribution in [0.4, 0.5) is 20.2 Å². The number of nitrogens with one attached hydrogen (secondary N) is 3. The number of ketones is 2. The highest BCUT2D eigenvalue weighted by Crippen LogP contribution is 2.30. The molecule has 1 fully saturated rings. The summed E-state index contributed by atoms with van der Waals surface area (Å²) in [5.41, 5.74) is 3.91. The van der Waals surface area contributed by atoms with Gasteiger partial charge in [0.2, 0.25) is 0 Å². The van der Waals surface area contributed by atoms with Gasteiger partial charge >= 0.3 is 5.97 Å². The van der Waals surface area contributed by atoms with Crippen LogP contribution >= 0.6 is 46.4 Å². The van der Waals surface area contributed by atoms with Gasteiger partial charge in [0.15, 0.2) is 24.8 Å². The van der Waals surface area contributed by atoms with Crippen LogP contribution in [0, 0.1) is 60.0 Å². The van der Waals surface area contributed by atoms with E-state index in [-0.39, 0.29) is 59.8 Å². The molecule has 3 amide bonds. The highest BCUT2D eigenvalue weighted by Gasteiger charge is 2.28. The van der Waals surface area contributed by atoms with Crippen molar-refractivity contribution in [2.75, 3.05) is 50.2 Å². The van der Waals surface area contributed by atoms with Crippen molar-refractivity contribution in [2.45, 2.75) is 41.5 Å². The average molecular weight is 1170 g/mol. The molecular formula is C60H52Cl4F2N4O10.